The average molecular weight is 486 g/mol. The summed E-state index contributed by atoms with van der Waals surface area (Å²) in [6.07, 6.45) is 0. The summed E-state index contributed by atoms with van der Waals surface area (Å²) in [5.74, 6) is -0.863. The van der Waals surface area contributed by atoms with Crippen molar-refractivity contribution in [2.45, 2.75) is 18.7 Å². The minimum absolute atomic E-state index is 0.0484. The molecule has 0 aliphatic heterocycles. The highest BCUT2D eigenvalue weighted by molar-refractivity contribution is 7.92. The molecule has 0 spiro atoms. The lowest BCUT2D eigenvalue weighted by Crippen LogP contribution is -2.38. The lowest BCUT2D eigenvalue weighted by atomic mass is 10.2. The van der Waals surface area contributed by atoms with E-state index in [1.165, 1.54) is 43.3 Å². The van der Waals surface area contributed by atoms with Crippen molar-refractivity contribution >= 4 is 38.9 Å². The third-order valence-corrected chi connectivity index (χ3v) is 6.40. The number of carbonyl (C=O) groups is 2. The van der Waals surface area contributed by atoms with E-state index in [0.29, 0.717) is 23.7 Å². The summed E-state index contributed by atoms with van der Waals surface area (Å²) < 4.78 is 46.5. The summed E-state index contributed by atoms with van der Waals surface area (Å²) in [5, 5.41) is 5.25. The van der Waals surface area contributed by atoms with Gasteiger partial charge in [0, 0.05) is 18.3 Å². The number of ether oxygens (including phenoxy) is 1. The summed E-state index contributed by atoms with van der Waals surface area (Å²) in [4.78, 5) is 23.9. The molecule has 3 aromatic carbocycles. The van der Waals surface area contributed by atoms with Crippen LogP contribution in [0.4, 0.5) is 21.5 Å². The number of amides is 2. The van der Waals surface area contributed by atoms with Gasteiger partial charge in [-0.25, -0.2) is 12.8 Å². The Balaban J connectivity index is 1.85. The van der Waals surface area contributed by atoms with E-state index in [1.807, 2.05) is 6.92 Å². The number of benzene rings is 3. The molecule has 0 unspecified atom stereocenters. The van der Waals surface area contributed by atoms with Crippen LogP contribution in [-0.2, 0) is 19.6 Å². The van der Waals surface area contributed by atoms with Gasteiger partial charge < -0.3 is 15.4 Å². The van der Waals surface area contributed by atoms with Gasteiger partial charge in [0.25, 0.3) is 10.0 Å². The van der Waals surface area contributed by atoms with Crippen LogP contribution in [0.25, 0.3) is 0 Å². The predicted molar refractivity (Wildman–Crippen MR) is 128 cm³/mol. The Bertz CT molecular complexity index is 1250. The maximum atomic E-state index is 13.5. The summed E-state index contributed by atoms with van der Waals surface area (Å²) in [6.45, 7) is 3.08. The molecule has 0 saturated carbocycles. The fourth-order valence-corrected chi connectivity index (χ4v) is 4.52. The number of carbonyl (C=O) groups excluding carboxylic acids is 2. The van der Waals surface area contributed by atoms with Crippen molar-refractivity contribution in [3.05, 3.63) is 78.6 Å². The minimum atomic E-state index is -4.16. The zero-order chi connectivity index (χ0) is 24.7. The predicted octanol–water partition coefficient (Wildman–Crippen LogP) is 4.02. The van der Waals surface area contributed by atoms with Gasteiger partial charge in [-0.15, -0.1) is 0 Å². The number of sulfonamides is 1. The molecule has 0 bridgehead atoms. The molecule has 0 atom stereocenters. The summed E-state index contributed by atoms with van der Waals surface area (Å²) in [7, 11) is -4.16. The van der Waals surface area contributed by atoms with E-state index in [1.54, 1.807) is 24.3 Å². The first-order valence-corrected chi connectivity index (χ1v) is 11.8. The summed E-state index contributed by atoms with van der Waals surface area (Å²) in [6, 6.07) is 17.0. The molecule has 10 heteroatoms. The quantitative estimate of drug-likeness (QED) is 0.476. The molecule has 0 aromatic heterocycles. The average Bonchev–Trinajstić information content (AvgIpc) is 2.80. The van der Waals surface area contributed by atoms with Crippen molar-refractivity contribution in [2.24, 2.45) is 0 Å². The third kappa shape index (κ3) is 6.32. The third-order valence-electron chi connectivity index (χ3n) is 4.61. The van der Waals surface area contributed by atoms with Crippen molar-refractivity contribution in [3.8, 4) is 5.75 Å². The van der Waals surface area contributed by atoms with Crippen LogP contribution in [-0.4, -0.2) is 33.4 Å². The Hall–Kier alpha value is -3.92. The molecule has 0 aliphatic rings. The Morgan fingerprint density at radius 2 is 1.44 bits per heavy atom. The Morgan fingerprint density at radius 1 is 0.882 bits per heavy atom. The number of anilines is 3. The second-order valence-corrected chi connectivity index (χ2v) is 9.06. The molecule has 8 nitrogen and oxygen atoms in total. The largest absolute Gasteiger partial charge is 0.494 e. The van der Waals surface area contributed by atoms with E-state index >= 15 is 0 Å². The molecule has 3 rings (SSSR count). The highest BCUT2D eigenvalue weighted by Crippen LogP contribution is 2.26. The Morgan fingerprint density at radius 3 is 1.97 bits per heavy atom. The van der Waals surface area contributed by atoms with E-state index in [2.05, 4.69) is 10.6 Å². The van der Waals surface area contributed by atoms with Crippen molar-refractivity contribution < 1.29 is 27.1 Å². The first-order valence-electron chi connectivity index (χ1n) is 10.4. The lowest BCUT2D eigenvalue weighted by molar-refractivity contribution is -0.115. The minimum Gasteiger partial charge on any atom is -0.494 e. The van der Waals surface area contributed by atoms with E-state index in [-0.39, 0.29) is 16.5 Å². The van der Waals surface area contributed by atoms with Crippen LogP contribution in [0.3, 0.4) is 0 Å². The molecular formula is C24H24FN3O5S. The van der Waals surface area contributed by atoms with E-state index in [0.717, 1.165) is 16.4 Å². The van der Waals surface area contributed by atoms with Crippen LogP contribution in [0.5, 0.6) is 5.75 Å². The molecule has 0 heterocycles. The first kappa shape index (κ1) is 24.7. The van der Waals surface area contributed by atoms with Crippen LogP contribution in [0.2, 0.25) is 0 Å². The summed E-state index contributed by atoms with van der Waals surface area (Å²) in [5.41, 5.74) is 1.10. The van der Waals surface area contributed by atoms with Crippen molar-refractivity contribution in [1.29, 1.82) is 0 Å². The molecular weight excluding hydrogens is 461 g/mol. The maximum Gasteiger partial charge on any atom is 0.264 e. The van der Waals surface area contributed by atoms with E-state index in [4.69, 9.17) is 4.74 Å². The second kappa shape index (κ2) is 10.8. The second-order valence-electron chi connectivity index (χ2n) is 7.20. The van der Waals surface area contributed by atoms with Crippen LogP contribution in [0.1, 0.15) is 13.8 Å². The highest BCUT2D eigenvalue weighted by Gasteiger charge is 2.27. The molecule has 2 N–H and O–H groups in total. The van der Waals surface area contributed by atoms with Gasteiger partial charge in [0.15, 0.2) is 0 Å². The Kier molecular flexibility index (Phi) is 7.85. The number of nitrogens with zero attached hydrogens (tertiary/aromatic N) is 1. The van der Waals surface area contributed by atoms with Gasteiger partial charge in [-0.3, -0.25) is 13.9 Å². The molecule has 0 saturated heterocycles. The van der Waals surface area contributed by atoms with Crippen molar-refractivity contribution in [1.82, 2.24) is 0 Å². The monoisotopic (exact) mass is 485 g/mol. The van der Waals surface area contributed by atoms with Gasteiger partial charge in [-0.1, -0.05) is 0 Å². The van der Waals surface area contributed by atoms with Gasteiger partial charge in [0.05, 0.1) is 17.2 Å². The normalized spacial score (nSPS) is 10.9. The Labute approximate surface area is 197 Å². The highest BCUT2D eigenvalue weighted by atomic mass is 32.2. The lowest BCUT2D eigenvalue weighted by Gasteiger charge is -2.24. The van der Waals surface area contributed by atoms with Crippen LogP contribution >= 0.6 is 0 Å². The van der Waals surface area contributed by atoms with Gasteiger partial charge in [0.2, 0.25) is 11.8 Å². The van der Waals surface area contributed by atoms with Gasteiger partial charge >= 0.3 is 0 Å². The number of halogens is 1. The molecule has 0 fully saturated rings. The number of rotatable bonds is 9. The van der Waals surface area contributed by atoms with Crippen LogP contribution in [0.15, 0.2) is 77.7 Å². The molecule has 0 radical (unpaired) electrons. The number of hydrogen-bond acceptors (Lipinski definition) is 5. The van der Waals surface area contributed by atoms with Crippen LogP contribution < -0.4 is 19.7 Å². The smallest absolute Gasteiger partial charge is 0.264 e. The molecule has 178 valence electrons. The molecule has 2 amide bonds. The maximum absolute atomic E-state index is 13.5. The first-order chi connectivity index (χ1) is 16.2. The van der Waals surface area contributed by atoms with Crippen molar-refractivity contribution in [2.75, 3.05) is 28.1 Å². The summed E-state index contributed by atoms with van der Waals surface area (Å²) >= 11 is 0. The SMILES string of the molecule is CCOc1ccc(S(=O)(=O)N(CC(=O)Nc2ccc(NC(C)=O)cc2)c2ccc(F)cc2)cc1. The van der Waals surface area contributed by atoms with Crippen molar-refractivity contribution in [3.63, 3.8) is 0 Å². The number of nitrogens with one attached hydrogen (secondary N) is 2. The fraction of sp³-hybridized carbons (Fsp3) is 0.167. The zero-order valence-corrected chi connectivity index (χ0v) is 19.4. The van der Waals surface area contributed by atoms with E-state index in [9.17, 15) is 22.4 Å². The van der Waals surface area contributed by atoms with E-state index < -0.39 is 28.3 Å². The molecule has 0 aliphatic carbocycles. The molecule has 34 heavy (non-hydrogen) atoms. The molecule has 3 aromatic rings. The topological polar surface area (TPSA) is 105 Å². The van der Waals surface area contributed by atoms with Gasteiger partial charge in [-0.2, -0.15) is 0 Å². The number of hydrogen-bond donors (Lipinski definition) is 2. The van der Waals surface area contributed by atoms with Crippen LogP contribution in [0, 0.1) is 5.82 Å². The zero-order valence-electron chi connectivity index (χ0n) is 18.6. The standard InChI is InChI=1S/C24H24FN3O5S/c1-3-33-22-12-14-23(15-13-22)34(31,32)28(21-10-4-18(25)5-11-21)16-24(30)27-20-8-6-19(7-9-20)26-17(2)29/h4-15H,3,16H2,1-2H3,(H,26,29)(H,27,30). The van der Waals surface area contributed by atoms with Gasteiger partial charge in [-0.05, 0) is 79.7 Å². The fourth-order valence-electron chi connectivity index (χ4n) is 3.10. The van der Waals surface area contributed by atoms with Gasteiger partial charge in [0.1, 0.15) is 18.1 Å².